The van der Waals surface area contributed by atoms with Crippen LogP contribution in [0.2, 0.25) is 0 Å². The van der Waals surface area contributed by atoms with Crippen LogP contribution in [0.5, 0.6) is 5.75 Å². The molecule has 3 rings (SSSR count). The summed E-state index contributed by atoms with van der Waals surface area (Å²) in [5.74, 6) is 0.783. The highest BCUT2D eigenvalue weighted by Crippen LogP contribution is 2.20. The number of H-pyrrole nitrogens is 1. The number of pyridine rings is 2. The number of fused-ring (bicyclic) bond motifs is 1. The lowest BCUT2D eigenvalue weighted by atomic mass is 10.1. The molecular formula is C26H35N5O2S. The maximum absolute atomic E-state index is 12.9. The maximum Gasteiger partial charge on any atom is 0.253 e. The van der Waals surface area contributed by atoms with E-state index in [0.29, 0.717) is 30.4 Å². The monoisotopic (exact) mass is 481 g/mol. The average molecular weight is 482 g/mol. The minimum Gasteiger partial charge on any atom is -0.494 e. The van der Waals surface area contributed by atoms with Gasteiger partial charge in [-0.3, -0.25) is 9.78 Å². The van der Waals surface area contributed by atoms with Crippen molar-refractivity contribution in [2.45, 2.75) is 40.3 Å². The molecule has 2 aromatic heterocycles. The molecule has 2 N–H and O–H groups in total. The first-order valence-electron chi connectivity index (χ1n) is 12.0. The van der Waals surface area contributed by atoms with Crippen molar-refractivity contribution >= 4 is 28.2 Å². The van der Waals surface area contributed by atoms with E-state index in [2.05, 4.69) is 34.0 Å². The molecule has 0 atom stereocenters. The van der Waals surface area contributed by atoms with Crippen LogP contribution in [-0.4, -0.2) is 57.7 Å². The highest BCUT2D eigenvalue weighted by atomic mass is 32.1. The van der Waals surface area contributed by atoms with Crippen molar-refractivity contribution in [2.75, 3.05) is 32.8 Å². The van der Waals surface area contributed by atoms with Crippen molar-refractivity contribution in [1.29, 1.82) is 0 Å². The van der Waals surface area contributed by atoms with E-state index >= 15 is 0 Å². The van der Waals surface area contributed by atoms with Crippen molar-refractivity contribution in [1.82, 2.24) is 25.1 Å². The molecule has 0 spiro atoms. The lowest BCUT2D eigenvalue weighted by molar-refractivity contribution is 0.299. The molecule has 0 unspecified atom stereocenters. The molecular weight excluding hydrogens is 446 g/mol. The van der Waals surface area contributed by atoms with E-state index in [1.165, 1.54) is 0 Å². The van der Waals surface area contributed by atoms with Crippen molar-refractivity contribution in [3.8, 4) is 5.75 Å². The molecule has 0 amide bonds. The SMILES string of the molecule is CCOc1ccc2[nH]c(=O)c(CN(Cc3cccnc3)C(=S)NCCCN(CC)CC)cc2c1. The summed E-state index contributed by atoms with van der Waals surface area (Å²) in [5, 5.41) is 4.95. The number of ether oxygens (including phenoxy) is 1. The van der Waals surface area contributed by atoms with Gasteiger partial charge in [-0.15, -0.1) is 0 Å². The van der Waals surface area contributed by atoms with E-state index in [0.717, 1.165) is 54.8 Å². The molecule has 0 aliphatic rings. The average Bonchev–Trinajstić information content (AvgIpc) is 2.85. The zero-order valence-corrected chi connectivity index (χ0v) is 21.2. The number of hydrogen-bond donors (Lipinski definition) is 2. The fraction of sp³-hybridized carbons (Fsp3) is 0.423. The number of thiocarbonyl (C=S) groups is 1. The molecule has 0 saturated heterocycles. The van der Waals surface area contributed by atoms with Gasteiger partial charge < -0.3 is 24.8 Å². The van der Waals surface area contributed by atoms with E-state index in [1.54, 1.807) is 6.20 Å². The highest BCUT2D eigenvalue weighted by Gasteiger charge is 2.14. The Bertz CT molecular complexity index is 1120. The van der Waals surface area contributed by atoms with Crippen LogP contribution < -0.4 is 15.6 Å². The van der Waals surface area contributed by atoms with E-state index in [1.807, 2.05) is 54.4 Å². The van der Waals surface area contributed by atoms with E-state index in [4.69, 9.17) is 17.0 Å². The van der Waals surface area contributed by atoms with Crippen LogP contribution in [0.25, 0.3) is 10.9 Å². The molecule has 0 bridgehead atoms. The van der Waals surface area contributed by atoms with Crippen molar-refractivity contribution < 1.29 is 4.74 Å². The summed E-state index contributed by atoms with van der Waals surface area (Å²) in [6, 6.07) is 11.5. The standard InChI is InChI=1S/C26H35N5O2S/c1-4-30(5-2)14-8-13-28-26(34)31(18-20-9-7-12-27-17-20)19-22-15-21-16-23(33-6-3)10-11-24(21)29-25(22)32/h7,9-12,15-17H,4-6,8,13-14,18-19H2,1-3H3,(H,28,34)(H,29,32). The second-order valence-electron chi connectivity index (χ2n) is 8.14. The Morgan fingerprint density at radius 2 is 1.97 bits per heavy atom. The first-order valence-corrected chi connectivity index (χ1v) is 12.4. The summed E-state index contributed by atoms with van der Waals surface area (Å²) in [6.45, 7) is 11.7. The highest BCUT2D eigenvalue weighted by molar-refractivity contribution is 7.80. The van der Waals surface area contributed by atoms with Crippen LogP contribution in [0, 0.1) is 0 Å². The number of nitrogens with zero attached hydrogens (tertiary/aromatic N) is 3. The van der Waals surface area contributed by atoms with Gasteiger partial charge in [0.15, 0.2) is 5.11 Å². The maximum atomic E-state index is 12.9. The molecule has 0 fully saturated rings. The number of benzene rings is 1. The molecule has 2 heterocycles. The van der Waals surface area contributed by atoms with Gasteiger partial charge in [-0.1, -0.05) is 19.9 Å². The number of aromatic amines is 1. The molecule has 0 aliphatic heterocycles. The quantitative estimate of drug-likeness (QED) is 0.300. The molecule has 0 radical (unpaired) electrons. The number of aromatic nitrogens is 2. The Balaban J connectivity index is 1.77. The predicted molar refractivity (Wildman–Crippen MR) is 142 cm³/mol. The summed E-state index contributed by atoms with van der Waals surface area (Å²) in [4.78, 5) is 24.5. The fourth-order valence-corrected chi connectivity index (χ4v) is 4.10. The molecule has 34 heavy (non-hydrogen) atoms. The van der Waals surface area contributed by atoms with Gasteiger partial charge in [0.2, 0.25) is 0 Å². The summed E-state index contributed by atoms with van der Waals surface area (Å²) >= 11 is 5.75. The van der Waals surface area contributed by atoms with Gasteiger partial charge >= 0.3 is 0 Å². The summed E-state index contributed by atoms with van der Waals surface area (Å²) in [5.41, 5.74) is 2.35. The van der Waals surface area contributed by atoms with Gasteiger partial charge in [0.05, 0.1) is 13.2 Å². The van der Waals surface area contributed by atoms with Crippen molar-refractivity contribution in [2.24, 2.45) is 0 Å². The largest absolute Gasteiger partial charge is 0.494 e. The minimum atomic E-state index is -0.114. The van der Waals surface area contributed by atoms with Crippen LogP contribution in [0.3, 0.4) is 0 Å². The molecule has 3 aromatic rings. The molecule has 1 aromatic carbocycles. The summed E-state index contributed by atoms with van der Waals surface area (Å²) in [7, 11) is 0. The third-order valence-corrected chi connectivity index (χ3v) is 6.17. The van der Waals surface area contributed by atoms with E-state index in [9.17, 15) is 4.79 Å². The second-order valence-corrected chi connectivity index (χ2v) is 8.52. The van der Waals surface area contributed by atoms with Gasteiger partial charge in [-0.05, 0) is 81.1 Å². The van der Waals surface area contributed by atoms with E-state index in [-0.39, 0.29) is 5.56 Å². The smallest absolute Gasteiger partial charge is 0.253 e. The molecule has 0 saturated carbocycles. The Labute approximate surface area is 207 Å². The normalized spacial score (nSPS) is 11.1. The molecule has 182 valence electrons. The minimum absolute atomic E-state index is 0.114. The zero-order chi connectivity index (χ0) is 24.3. The molecule has 8 heteroatoms. The van der Waals surface area contributed by atoms with Crippen molar-refractivity contribution in [3.63, 3.8) is 0 Å². The van der Waals surface area contributed by atoms with Crippen LogP contribution in [0.15, 0.2) is 53.6 Å². The fourth-order valence-electron chi connectivity index (χ4n) is 3.87. The molecule has 7 nitrogen and oxygen atoms in total. The van der Waals surface area contributed by atoms with Crippen molar-refractivity contribution in [3.05, 3.63) is 70.3 Å². The first-order chi connectivity index (χ1) is 16.5. The number of hydrogen-bond acceptors (Lipinski definition) is 5. The van der Waals surface area contributed by atoms with Gasteiger partial charge in [0.1, 0.15) is 5.75 Å². The van der Waals surface area contributed by atoms with Crippen LogP contribution in [0.1, 0.15) is 38.3 Å². The Morgan fingerprint density at radius 3 is 2.68 bits per heavy atom. The van der Waals surface area contributed by atoms with Gasteiger partial charge in [-0.25, -0.2) is 0 Å². The topological polar surface area (TPSA) is 73.5 Å². The predicted octanol–water partition coefficient (Wildman–Crippen LogP) is 3.93. The van der Waals surface area contributed by atoms with Crippen LogP contribution in [-0.2, 0) is 13.1 Å². The number of nitrogens with one attached hydrogen (secondary N) is 2. The summed E-state index contributed by atoms with van der Waals surface area (Å²) < 4.78 is 5.63. The Morgan fingerprint density at radius 1 is 1.15 bits per heavy atom. The molecule has 0 aliphatic carbocycles. The lowest BCUT2D eigenvalue weighted by Crippen LogP contribution is -2.41. The Hall–Kier alpha value is -2.97. The second kappa shape index (κ2) is 13.1. The third kappa shape index (κ3) is 7.27. The third-order valence-electron chi connectivity index (χ3n) is 5.77. The first kappa shape index (κ1) is 25.6. The van der Waals surface area contributed by atoms with Gasteiger partial charge in [-0.2, -0.15) is 0 Å². The van der Waals surface area contributed by atoms with Crippen LogP contribution >= 0.6 is 12.2 Å². The van der Waals surface area contributed by atoms with Gasteiger partial charge in [0.25, 0.3) is 5.56 Å². The lowest BCUT2D eigenvalue weighted by Gasteiger charge is -2.26. The summed E-state index contributed by atoms with van der Waals surface area (Å²) in [6.07, 6.45) is 4.58. The zero-order valence-electron chi connectivity index (χ0n) is 20.3. The van der Waals surface area contributed by atoms with E-state index < -0.39 is 0 Å². The van der Waals surface area contributed by atoms with Crippen LogP contribution in [0.4, 0.5) is 0 Å². The van der Waals surface area contributed by atoms with Gasteiger partial charge in [0, 0.05) is 41.9 Å². The number of rotatable bonds is 12. The Kier molecular flexibility index (Phi) is 9.85.